The predicted molar refractivity (Wildman–Crippen MR) is 99.0 cm³/mol. The van der Waals surface area contributed by atoms with Gasteiger partial charge in [0.1, 0.15) is 5.76 Å². The molecule has 0 radical (unpaired) electrons. The Kier molecular flexibility index (Phi) is 5.11. The summed E-state index contributed by atoms with van der Waals surface area (Å²) >= 11 is 0. The molecule has 1 N–H and O–H groups in total. The Balaban J connectivity index is 1.72. The summed E-state index contributed by atoms with van der Waals surface area (Å²) in [5.41, 5.74) is 0. The second-order valence-corrected chi connectivity index (χ2v) is 8.12. The smallest absolute Gasteiger partial charge is 0.243 e. The highest BCUT2D eigenvalue weighted by molar-refractivity contribution is 7.89. The van der Waals surface area contributed by atoms with Gasteiger partial charge < -0.3 is 9.73 Å². The molecular formula is C19H20N2O4S. The molecule has 0 saturated heterocycles. The van der Waals surface area contributed by atoms with Crippen LogP contribution in [0.5, 0.6) is 0 Å². The molecule has 2 aromatic carbocycles. The minimum atomic E-state index is -3.77. The summed E-state index contributed by atoms with van der Waals surface area (Å²) < 4.78 is 31.8. The molecule has 26 heavy (non-hydrogen) atoms. The molecular weight excluding hydrogens is 352 g/mol. The summed E-state index contributed by atoms with van der Waals surface area (Å²) in [6.07, 6.45) is 1.52. The Morgan fingerprint density at radius 3 is 2.54 bits per heavy atom. The van der Waals surface area contributed by atoms with Crippen LogP contribution in [0.1, 0.15) is 18.7 Å². The first-order valence-corrected chi connectivity index (χ1v) is 9.60. The third-order valence-electron chi connectivity index (χ3n) is 4.14. The van der Waals surface area contributed by atoms with E-state index in [2.05, 4.69) is 5.32 Å². The molecule has 1 atom stereocenters. The molecule has 0 bridgehead atoms. The number of fused-ring (bicyclic) bond motifs is 1. The molecule has 0 unspecified atom stereocenters. The van der Waals surface area contributed by atoms with Crippen LogP contribution in [0.4, 0.5) is 0 Å². The Hall–Kier alpha value is -2.64. The van der Waals surface area contributed by atoms with Crippen LogP contribution in [0.3, 0.4) is 0 Å². The van der Waals surface area contributed by atoms with Gasteiger partial charge in [-0.05, 0) is 42.0 Å². The molecule has 0 fully saturated rings. The topological polar surface area (TPSA) is 79.6 Å². The predicted octanol–water partition coefficient (Wildman–Crippen LogP) is 2.93. The van der Waals surface area contributed by atoms with Crippen molar-refractivity contribution in [1.29, 1.82) is 0 Å². The molecule has 0 aliphatic heterocycles. The highest BCUT2D eigenvalue weighted by atomic mass is 32.2. The van der Waals surface area contributed by atoms with Gasteiger partial charge in [-0.1, -0.05) is 30.3 Å². The van der Waals surface area contributed by atoms with Gasteiger partial charge in [0.2, 0.25) is 15.9 Å². The van der Waals surface area contributed by atoms with Crippen molar-refractivity contribution in [2.75, 3.05) is 13.6 Å². The van der Waals surface area contributed by atoms with E-state index in [9.17, 15) is 13.2 Å². The van der Waals surface area contributed by atoms with Crippen LogP contribution in [0.15, 0.2) is 70.2 Å². The van der Waals surface area contributed by atoms with Crippen LogP contribution in [0, 0.1) is 0 Å². The largest absolute Gasteiger partial charge is 0.467 e. The van der Waals surface area contributed by atoms with Crippen molar-refractivity contribution in [2.24, 2.45) is 0 Å². The lowest BCUT2D eigenvalue weighted by Gasteiger charge is -2.18. The normalized spacial score (nSPS) is 13.0. The van der Waals surface area contributed by atoms with Crippen molar-refractivity contribution in [1.82, 2.24) is 9.62 Å². The fraction of sp³-hybridized carbons (Fsp3) is 0.211. The van der Waals surface area contributed by atoms with E-state index in [1.807, 2.05) is 24.3 Å². The summed E-state index contributed by atoms with van der Waals surface area (Å²) in [5, 5.41) is 4.52. The van der Waals surface area contributed by atoms with Crippen molar-refractivity contribution in [3.8, 4) is 0 Å². The quantitative estimate of drug-likeness (QED) is 0.721. The number of carbonyl (C=O) groups is 1. The number of nitrogens with one attached hydrogen (secondary N) is 1. The van der Waals surface area contributed by atoms with Crippen LogP contribution >= 0.6 is 0 Å². The first kappa shape index (κ1) is 18.2. The lowest BCUT2D eigenvalue weighted by atomic mass is 10.1. The van der Waals surface area contributed by atoms with E-state index in [0.717, 1.165) is 15.1 Å². The number of hydrogen-bond acceptors (Lipinski definition) is 4. The number of carbonyl (C=O) groups excluding carboxylic acids is 1. The Labute approximate surface area is 152 Å². The fourth-order valence-electron chi connectivity index (χ4n) is 2.69. The molecule has 3 aromatic rings. The maximum absolute atomic E-state index is 12.8. The van der Waals surface area contributed by atoms with Gasteiger partial charge in [-0.25, -0.2) is 8.42 Å². The zero-order chi connectivity index (χ0) is 18.7. The Morgan fingerprint density at radius 1 is 1.12 bits per heavy atom. The van der Waals surface area contributed by atoms with Crippen molar-refractivity contribution in [2.45, 2.75) is 17.9 Å². The number of amides is 1. The standard InChI is InChI=1S/C19H20N2O4S/c1-14(18-8-5-11-25-18)20-19(22)13-21(2)26(23,24)17-10-9-15-6-3-4-7-16(15)12-17/h3-12,14H,13H2,1-2H3,(H,20,22)/t14-/m1/s1. The second kappa shape index (κ2) is 7.31. The van der Waals surface area contributed by atoms with E-state index in [0.29, 0.717) is 5.76 Å². The summed E-state index contributed by atoms with van der Waals surface area (Å²) in [5.74, 6) is 0.208. The molecule has 1 aromatic heterocycles. The van der Waals surface area contributed by atoms with E-state index in [1.54, 1.807) is 37.3 Å². The van der Waals surface area contributed by atoms with E-state index in [1.165, 1.54) is 13.3 Å². The molecule has 0 spiro atoms. The SMILES string of the molecule is C[C@@H](NC(=O)CN(C)S(=O)(=O)c1ccc2ccccc2c1)c1ccco1. The minimum Gasteiger partial charge on any atom is -0.467 e. The number of sulfonamides is 1. The molecule has 136 valence electrons. The summed E-state index contributed by atoms with van der Waals surface area (Å²) in [6.45, 7) is 1.49. The molecule has 1 heterocycles. The minimum absolute atomic E-state index is 0.158. The summed E-state index contributed by atoms with van der Waals surface area (Å²) in [7, 11) is -2.38. The van der Waals surface area contributed by atoms with Gasteiger partial charge in [0.15, 0.2) is 0 Å². The Morgan fingerprint density at radius 2 is 1.85 bits per heavy atom. The molecule has 6 nitrogen and oxygen atoms in total. The monoisotopic (exact) mass is 372 g/mol. The van der Waals surface area contributed by atoms with Gasteiger partial charge in [0.05, 0.1) is 23.7 Å². The van der Waals surface area contributed by atoms with Crippen LogP contribution in [0.25, 0.3) is 10.8 Å². The van der Waals surface area contributed by atoms with E-state index >= 15 is 0 Å². The molecule has 0 saturated carbocycles. The highest BCUT2D eigenvalue weighted by Gasteiger charge is 2.24. The van der Waals surface area contributed by atoms with Crippen molar-refractivity contribution in [3.05, 3.63) is 66.6 Å². The highest BCUT2D eigenvalue weighted by Crippen LogP contribution is 2.21. The third-order valence-corrected chi connectivity index (χ3v) is 5.94. The van der Waals surface area contributed by atoms with Gasteiger partial charge >= 0.3 is 0 Å². The van der Waals surface area contributed by atoms with Gasteiger partial charge in [-0.2, -0.15) is 4.31 Å². The van der Waals surface area contributed by atoms with E-state index in [-0.39, 0.29) is 17.5 Å². The number of furan rings is 1. The Bertz CT molecular complexity index is 1010. The molecule has 0 aliphatic carbocycles. The van der Waals surface area contributed by atoms with Crippen LogP contribution < -0.4 is 5.32 Å². The first-order valence-electron chi connectivity index (χ1n) is 8.16. The maximum atomic E-state index is 12.8. The van der Waals surface area contributed by atoms with Crippen LogP contribution in [0.2, 0.25) is 0 Å². The number of nitrogens with zero attached hydrogens (tertiary/aromatic N) is 1. The maximum Gasteiger partial charge on any atom is 0.243 e. The molecule has 0 aliphatic rings. The lowest BCUT2D eigenvalue weighted by Crippen LogP contribution is -2.39. The average Bonchev–Trinajstić information content (AvgIpc) is 3.16. The number of rotatable bonds is 6. The van der Waals surface area contributed by atoms with Gasteiger partial charge in [0, 0.05) is 7.05 Å². The lowest BCUT2D eigenvalue weighted by molar-refractivity contribution is -0.121. The van der Waals surface area contributed by atoms with E-state index < -0.39 is 15.9 Å². The number of benzene rings is 2. The number of likely N-dealkylation sites (N-methyl/N-ethyl adjacent to an activating group) is 1. The van der Waals surface area contributed by atoms with E-state index in [4.69, 9.17) is 4.42 Å². The summed E-state index contributed by atoms with van der Waals surface area (Å²) in [4.78, 5) is 12.3. The average molecular weight is 372 g/mol. The van der Waals surface area contributed by atoms with Gasteiger partial charge in [0.25, 0.3) is 0 Å². The van der Waals surface area contributed by atoms with Gasteiger partial charge in [-0.15, -0.1) is 0 Å². The summed E-state index contributed by atoms with van der Waals surface area (Å²) in [6, 6.07) is 15.6. The van der Waals surface area contributed by atoms with Crippen molar-refractivity contribution < 1.29 is 17.6 Å². The third kappa shape index (κ3) is 3.79. The van der Waals surface area contributed by atoms with Crippen LogP contribution in [-0.2, 0) is 14.8 Å². The molecule has 3 rings (SSSR count). The zero-order valence-electron chi connectivity index (χ0n) is 14.5. The van der Waals surface area contributed by atoms with Crippen molar-refractivity contribution in [3.63, 3.8) is 0 Å². The van der Waals surface area contributed by atoms with Gasteiger partial charge in [-0.3, -0.25) is 4.79 Å². The van der Waals surface area contributed by atoms with Crippen LogP contribution in [-0.4, -0.2) is 32.2 Å². The molecule has 1 amide bonds. The molecule has 7 heteroatoms. The number of hydrogen-bond donors (Lipinski definition) is 1. The zero-order valence-corrected chi connectivity index (χ0v) is 15.4. The first-order chi connectivity index (χ1) is 12.4. The van der Waals surface area contributed by atoms with Crippen molar-refractivity contribution >= 4 is 26.7 Å². The second-order valence-electron chi connectivity index (χ2n) is 6.07. The fourth-order valence-corrected chi connectivity index (χ4v) is 3.85.